The van der Waals surface area contributed by atoms with E-state index < -0.39 is 17.7 Å². The molecule has 0 spiro atoms. The van der Waals surface area contributed by atoms with E-state index in [4.69, 9.17) is 4.74 Å². The van der Waals surface area contributed by atoms with Gasteiger partial charge >= 0.3 is 11.9 Å². The molecule has 0 aliphatic carbocycles. The zero-order chi connectivity index (χ0) is 15.2. The summed E-state index contributed by atoms with van der Waals surface area (Å²) < 4.78 is 44.7. The average molecular weight is 294 g/mol. The molecule has 0 amide bonds. The van der Waals surface area contributed by atoms with Crippen molar-refractivity contribution in [3.05, 3.63) is 28.3 Å². The van der Waals surface area contributed by atoms with Crippen LogP contribution in [-0.4, -0.2) is 38.0 Å². The van der Waals surface area contributed by atoms with Crippen LogP contribution in [0.2, 0.25) is 0 Å². The quantitative estimate of drug-likeness (QED) is 0.475. The number of ether oxygens (including phenoxy) is 2. The molecule has 1 rings (SSSR count). The van der Waals surface area contributed by atoms with E-state index in [1.54, 1.807) is 0 Å². The highest BCUT2D eigenvalue weighted by Gasteiger charge is 2.27. The predicted octanol–water partition coefficient (Wildman–Crippen LogP) is 2.59. The van der Waals surface area contributed by atoms with Crippen LogP contribution in [0.5, 0.6) is 5.75 Å². The first-order chi connectivity index (χ1) is 9.33. The molecule has 1 aromatic rings. The smallest absolute Gasteiger partial charge is 0.411 e. The third-order valence-corrected chi connectivity index (χ3v) is 2.22. The molecule has 6 nitrogen and oxygen atoms in total. The third-order valence-electron chi connectivity index (χ3n) is 2.22. The van der Waals surface area contributed by atoms with Crippen molar-refractivity contribution in [2.75, 3.05) is 32.2 Å². The maximum Gasteiger partial charge on any atom is 0.411 e. The maximum absolute atomic E-state index is 11.8. The van der Waals surface area contributed by atoms with Crippen LogP contribution in [0.4, 0.5) is 24.5 Å². The predicted molar refractivity (Wildman–Crippen MR) is 65.0 cm³/mol. The van der Waals surface area contributed by atoms with Crippen molar-refractivity contribution in [2.45, 2.75) is 6.18 Å². The molecule has 0 bridgehead atoms. The van der Waals surface area contributed by atoms with Gasteiger partial charge in [0.05, 0.1) is 18.6 Å². The minimum absolute atomic E-state index is 0.0659. The molecule has 1 N–H and O–H groups in total. The fraction of sp³-hybridized carbons (Fsp3) is 0.455. The van der Waals surface area contributed by atoms with E-state index >= 15 is 0 Å². The lowest BCUT2D eigenvalue weighted by molar-refractivity contribution is -0.385. The number of methoxy groups -OCH3 is 1. The standard InChI is InChI=1S/C11H13F3N2O4/c1-19-10-6-8(2-3-9(10)16(17)18)15-4-5-20-7-11(12,13)14/h2-3,6,15H,4-5,7H2,1H3. The van der Waals surface area contributed by atoms with Crippen LogP contribution in [0.1, 0.15) is 0 Å². The van der Waals surface area contributed by atoms with Crippen molar-refractivity contribution in [1.82, 2.24) is 0 Å². The highest BCUT2D eigenvalue weighted by Crippen LogP contribution is 2.29. The molecular weight excluding hydrogens is 281 g/mol. The number of rotatable bonds is 7. The lowest BCUT2D eigenvalue weighted by Crippen LogP contribution is -2.20. The number of nitro benzene ring substituents is 1. The largest absolute Gasteiger partial charge is 0.490 e. The van der Waals surface area contributed by atoms with Gasteiger partial charge in [0.1, 0.15) is 6.61 Å². The molecule has 0 radical (unpaired) electrons. The molecule has 20 heavy (non-hydrogen) atoms. The van der Waals surface area contributed by atoms with E-state index in [1.807, 2.05) is 0 Å². The number of anilines is 1. The molecular formula is C11H13F3N2O4. The van der Waals surface area contributed by atoms with Gasteiger partial charge in [-0.2, -0.15) is 13.2 Å². The van der Waals surface area contributed by atoms with Crippen molar-refractivity contribution >= 4 is 11.4 Å². The molecule has 0 heterocycles. The summed E-state index contributed by atoms with van der Waals surface area (Å²) in [5.74, 6) is 0.0659. The summed E-state index contributed by atoms with van der Waals surface area (Å²) in [5.41, 5.74) is 0.300. The van der Waals surface area contributed by atoms with E-state index in [9.17, 15) is 23.3 Å². The highest BCUT2D eigenvalue weighted by molar-refractivity contribution is 5.57. The number of hydrogen-bond donors (Lipinski definition) is 1. The van der Waals surface area contributed by atoms with Gasteiger partial charge in [-0.15, -0.1) is 0 Å². The Kier molecular flexibility index (Phi) is 5.56. The van der Waals surface area contributed by atoms with Gasteiger partial charge in [0.2, 0.25) is 0 Å². The number of benzene rings is 1. The molecule has 9 heteroatoms. The molecule has 1 aromatic carbocycles. The lowest BCUT2D eigenvalue weighted by Gasteiger charge is -2.10. The van der Waals surface area contributed by atoms with E-state index in [2.05, 4.69) is 10.1 Å². The second-order valence-corrected chi connectivity index (χ2v) is 3.74. The molecule has 0 atom stereocenters. The Morgan fingerprint density at radius 3 is 2.65 bits per heavy atom. The zero-order valence-corrected chi connectivity index (χ0v) is 10.6. The van der Waals surface area contributed by atoms with Gasteiger partial charge in [0, 0.05) is 24.4 Å². The van der Waals surface area contributed by atoms with Gasteiger partial charge in [0.15, 0.2) is 5.75 Å². The summed E-state index contributed by atoms with van der Waals surface area (Å²) in [6.45, 7) is -1.31. The van der Waals surface area contributed by atoms with E-state index in [-0.39, 0.29) is 24.6 Å². The molecule has 112 valence electrons. The summed E-state index contributed by atoms with van der Waals surface area (Å²) in [4.78, 5) is 10.1. The van der Waals surface area contributed by atoms with Crippen LogP contribution in [0, 0.1) is 10.1 Å². The molecule has 0 aliphatic heterocycles. The highest BCUT2D eigenvalue weighted by atomic mass is 19.4. The summed E-state index contributed by atoms with van der Waals surface area (Å²) >= 11 is 0. The number of alkyl halides is 3. The molecule has 0 saturated carbocycles. The van der Waals surface area contributed by atoms with Crippen LogP contribution < -0.4 is 10.1 Å². The first kappa shape index (κ1) is 16.0. The second-order valence-electron chi connectivity index (χ2n) is 3.74. The van der Waals surface area contributed by atoms with E-state index in [0.717, 1.165) is 0 Å². The summed E-state index contributed by atoms with van der Waals surface area (Å²) in [7, 11) is 1.29. The monoisotopic (exact) mass is 294 g/mol. The van der Waals surface area contributed by atoms with Crippen molar-refractivity contribution in [3.63, 3.8) is 0 Å². The minimum atomic E-state index is -4.35. The zero-order valence-electron chi connectivity index (χ0n) is 10.6. The fourth-order valence-electron chi connectivity index (χ4n) is 1.39. The van der Waals surface area contributed by atoms with Crippen molar-refractivity contribution in [3.8, 4) is 5.75 Å². The van der Waals surface area contributed by atoms with Gasteiger partial charge in [0.25, 0.3) is 0 Å². The topological polar surface area (TPSA) is 73.6 Å². The van der Waals surface area contributed by atoms with E-state index in [0.29, 0.717) is 5.69 Å². The molecule has 0 unspecified atom stereocenters. The fourth-order valence-corrected chi connectivity index (χ4v) is 1.39. The lowest BCUT2D eigenvalue weighted by atomic mass is 10.2. The third kappa shape index (κ3) is 5.31. The van der Waals surface area contributed by atoms with Crippen LogP contribution in [0.3, 0.4) is 0 Å². The number of nitro groups is 1. The molecule has 0 saturated heterocycles. The number of nitrogens with zero attached hydrogens (tertiary/aromatic N) is 1. The van der Waals surface area contributed by atoms with Gasteiger partial charge in [-0.05, 0) is 6.07 Å². The van der Waals surface area contributed by atoms with Crippen molar-refractivity contribution in [1.29, 1.82) is 0 Å². The Labute approximate surface area is 112 Å². The number of hydrogen-bond acceptors (Lipinski definition) is 5. The molecule has 0 fully saturated rings. The average Bonchev–Trinajstić information content (AvgIpc) is 2.36. The Morgan fingerprint density at radius 2 is 2.10 bits per heavy atom. The van der Waals surface area contributed by atoms with Gasteiger partial charge in [-0.25, -0.2) is 0 Å². The van der Waals surface area contributed by atoms with Crippen LogP contribution >= 0.6 is 0 Å². The van der Waals surface area contributed by atoms with Crippen LogP contribution in [0.25, 0.3) is 0 Å². The first-order valence-electron chi connectivity index (χ1n) is 5.54. The molecule has 0 aliphatic rings. The van der Waals surface area contributed by atoms with Gasteiger partial charge in [-0.1, -0.05) is 0 Å². The Bertz CT molecular complexity index is 465. The van der Waals surface area contributed by atoms with Gasteiger partial charge in [-0.3, -0.25) is 10.1 Å². The SMILES string of the molecule is COc1cc(NCCOCC(F)(F)F)ccc1[N+](=O)[O-]. The Morgan fingerprint density at radius 1 is 1.40 bits per heavy atom. The summed E-state index contributed by atoms with van der Waals surface area (Å²) in [5, 5.41) is 13.4. The summed E-state index contributed by atoms with van der Waals surface area (Å²) in [6.07, 6.45) is -4.35. The van der Waals surface area contributed by atoms with Gasteiger partial charge < -0.3 is 14.8 Å². The Hall–Kier alpha value is -2.03. The Balaban J connectivity index is 2.47. The van der Waals surface area contributed by atoms with Crippen LogP contribution in [-0.2, 0) is 4.74 Å². The number of halogens is 3. The van der Waals surface area contributed by atoms with Crippen molar-refractivity contribution < 1.29 is 27.6 Å². The summed E-state index contributed by atoms with van der Waals surface area (Å²) in [6, 6.07) is 4.07. The second kappa shape index (κ2) is 6.94. The van der Waals surface area contributed by atoms with Crippen LogP contribution in [0.15, 0.2) is 18.2 Å². The first-order valence-corrected chi connectivity index (χ1v) is 5.54. The van der Waals surface area contributed by atoms with E-state index in [1.165, 1.54) is 25.3 Å². The minimum Gasteiger partial charge on any atom is -0.490 e. The molecule has 0 aromatic heterocycles. The number of nitrogens with one attached hydrogen (secondary N) is 1. The maximum atomic E-state index is 11.8. The normalized spacial score (nSPS) is 11.2. The van der Waals surface area contributed by atoms with Crippen molar-refractivity contribution in [2.24, 2.45) is 0 Å².